The van der Waals surface area contributed by atoms with E-state index in [2.05, 4.69) is 5.32 Å². The van der Waals surface area contributed by atoms with Gasteiger partial charge in [-0.3, -0.25) is 4.79 Å². The lowest BCUT2D eigenvalue weighted by Gasteiger charge is -2.04. The average Bonchev–Trinajstić information content (AvgIpc) is 2.24. The molecule has 1 aliphatic rings. The summed E-state index contributed by atoms with van der Waals surface area (Å²) < 4.78 is 25.0. The van der Waals surface area contributed by atoms with E-state index >= 15 is 0 Å². The summed E-state index contributed by atoms with van der Waals surface area (Å²) in [4.78, 5) is 11.1. The number of nitrogens with one attached hydrogen (secondary N) is 2. The minimum atomic E-state index is -3.69. The molecule has 0 aliphatic carbocycles. The molecule has 1 heterocycles. The first kappa shape index (κ1) is 9.01. The van der Waals surface area contributed by atoms with E-state index in [4.69, 9.17) is 0 Å². The molecule has 6 heteroatoms. The molecule has 0 saturated carbocycles. The van der Waals surface area contributed by atoms with E-state index in [-0.39, 0.29) is 11.4 Å². The van der Waals surface area contributed by atoms with Gasteiger partial charge in [0.1, 0.15) is 4.90 Å². The molecule has 2 rings (SSSR count). The standard InChI is InChI=1S/C8H8N2O3S/c11-8-5-9-6-3-1-2-4-7(6)14(12,13)10-8/h1-4,9H,5H2,(H,10,11). The van der Waals surface area contributed by atoms with Gasteiger partial charge in [-0.1, -0.05) is 12.1 Å². The number of carbonyl (C=O) groups excluding carboxylic acids is 1. The molecule has 0 atom stereocenters. The van der Waals surface area contributed by atoms with Gasteiger partial charge in [0.05, 0.1) is 12.2 Å². The second-order valence-electron chi connectivity index (χ2n) is 2.88. The molecule has 0 unspecified atom stereocenters. The molecule has 14 heavy (non-hydrogen) atoms. The lowest BCUT2D eigenvalue weighted by Crippen LogP contribution is -2.31. The summed E-state index contributed by atoms with van der Waals surface area (Å²) in [5.74, 6) is -0.554. The highest BCUT2D eigenvalue weighted by molar-refractivity contribution is 7.90. The van der Waals surface area contributed by atoms with Gasteiger partial charge in [-0.15, -0.1) is 0 Å². The summed E-state index contributed by atoms with van der Waals surface area (Å²) in [6.07, 6.45) is 0. The monoisotopic (exact) mass is 212 g/mol. The molecule has 5 nitrogen and oxygen atoms in total. The third-order valence-electron chi connectivity index (χ3n) is 1.86. The van der Waals surface area contributed by atoms with Crippen molar-refractivity contribution in [3.63, 3.8) is 0 Å². The van der Waals surface area contributed by atoms with Crippen molar-refractivity contribution in [2.45, 2.75) is 4.90 Å². The number of rotatable bonds is 0. The number of amides is 1. The first-order chi connectivity index (χ1) is 6.59. The van der Waals surface area contributed by atoms with Gasteiger partial charge in [0.2, 0.25) is 0 Å². The highest BCUT2D eigenvalue weighted by Crippen LogP contribution is 2.21. The minimum Gasteiger partial charge on any atom is -0.375 e. The van der Waals surface area contributed by atoms with Gasteiger partial charge in [-0.25, -0.2) is 13.1 Å². The maximum absolute atomic E-state index is 11.5. The molecule has 0 fully saturated rings. The highest BCUT2D eigenvalue weighted by atomic mass is 32.2. The fourth-order valence-electron chi connectivity index (χ4n) is 1.26. The minimum absolute atomic E-state index is 0.0315. The molecule has 1 aromatic rings. The number of benzene rings is 1. The van der Waals surface area contributed by atoms with Crippen LogP contribution in [0.4, 0.5) is 5.69 Å². The molecular formula is C8H8N2O3S. The van der Waals surface area contributed by atoms with E-state index in [0.29, 0.717) is 5.69 Å². The van der Waals surface area contributed by atoms with Crippen molar-refractivity contribution in [1.82, 2.24) is 4.72 Å². The Morgan fingerprint density at radius 3 is 2.71 bits per heavy atom. The number of hydrogen-bond donors (Lipinski definition) is 2. The fourth-order valence-corrected chi connectivity index (χ4v) is 2.43. The SMILES string of the molecule is O=C1CNc2ccccc2S(=O)(=O)N1. The third-order valence-corrected chi connectivity index (χ3v) is 3.30. The summed E-state index contributed by atoms with van der Waals surface area (Å²) in [5, 5.41) is 2.74. The zero-order valence-electron chi connectivity index (χ0n) is 7.15. The van der Waals surface area contributed by atoms with Crippen molar-refractivity contribution < 1.29 is 13.2 Å². The van der Waals surface area contributed by atoms with Gasteiger partial charge >= 0.3 is 0 Å². The Morgan fingerprint density at radius 2 is 1.93 bits per heavy atom. The normalized spacial score (nSPS) is 18.7. The number of hydrogen-bond acceptors (Lipinski definition) is 4. The number of sulfonamides is 1. The van der Waals surface area contributed by atoms with E-state index in [1.165, 1.54) is 6.07 Å². The van der Waals surface area contributed by atoms with Crippen LogP contribution in [-0.4, -0.2) is 20.9 Å². The van der Waals surface area contributed by atoms with Crippen LogP contribution >= 0.6 is 0 Å². The van der Waals surface area contributed by atoms with Gasteiger partial charge in [0.15, 0.2) is 0 Å². The highest BCUT2D eigenvalue weighted by Gasteiger charge is 2.24. The first-order valence-electron chi connectivity index (χ1n) is 3.98. The van der Waals surface area contributed by atoms with Crippen LogP contribution < -0.4 is 10.0 Å². The van der Waals surface area contributed by atoms with Gasteiger partial charge in [0.25, 0.3) is 15.9 Å². The lowest BCUT2D eigenvalue weighted by molar-refractivity contribution is -0.117. The van der Waals surface area contributed by atoms with E-state index in [0.717, 1.165) is 0 Å². The Labute approximate surface area is 81.2 Å². The number of carbonyl (C=O) groups is 1. The fraction of sp³-hybridized carbons (Fsp3) is 0.125. The zero-order chi connectivity index (χ0) is 10.2. The Bertz CT molecular complexity index is 481. The van der Waals surface area contributed by atoms with Crippen molar-refractivity contribution in [2.75, 3.05) is 11.9 Å². The second kappa shape index (κ2) is 2.98. The van der Waals surface area contributed by atoms with Crippen LogP contribution in [-0.2, 0) is 14.8 Å². The molecule has 2 N–H and O–H groups in total. The maximum Gasteiger partial charge on any atom is 0.266 e. The number of anilines is 1. The predicted octanol–water partition coefficient (Wildman–Crippen LogP) is -0.0830. The van der Waals surface area contributed by atoms with Crippen LogP contribution in [0.1, 0.15) is 0 Å². The smallest absolute Gasteiger partial charge is 0.266 e. The number of para-hydroxylation sites is 1. The molecule has 0 saturated heterocycles. The molecule has 0 radical (unpaired) electrons. The van der Waals surface area contributed by atoms with Crippen molar-refractivity contribution >= 4 is 21.6 Å². The van der Waals surface area contributed by atoms with Crippen LogP contribution in [0.15, 0.2) is 29.2 Å². The molecule has 0 aromatic heterocycles. The van der Waals surface area contributed by atoms with Gasteiger partial charge in [-0.2, -0.15) is 0 Å². The van der Waals surface area contributed by atoms with Crippen LogP contribution in [0.3, 0.4) is 0 Å². The van der Waals surface area contributed by atoms with Crippen molar-refractivity contribution in [2.24, 2.45) is 0 Å². The summed E-state index contributed by atoms with van der Waals surface area (Å²) in [7, 11) is -3.69. The Hall–Kier alpha value is -1.56. The summed E-state index contributed by atoms with van der Waals surface area (Å²) in [6, 6.07) is 6.38. The molecule has 0 bridgehead atoms. The second-order valence-corrected chi connectivity index (χ2v) is 4.53. The Balaban J connectivity index is 2.62. The van der Waals surface area contributed by atoms with Gasteiger partial charge in [0, 0.05) is 0 Å². The van der Waals surface area contributed by atoms with Crippen molar-refractivity contribution in [1.29, 1.82) is 0 Å². The first-order valence-corrected chi connectivity index (χ1v) is 5.46. The van der Waals surface area contributed by atoms with Crippen molar-refractivity contribution in [3.8, 4) is 0 Å². The van der Waals surface area contributed by atoms with Crippen LogP contribution in [0.2, 0.25) is 0 Å². The van der Waals surface area contributed by atoms with Crippen LogP contribution in [0.25, 0.3) is 0 Å². The summed E-state index contributed by atoms with van der Waals surface area (Å²) in [5.41, 5.74) is 0.450. The van der Waals surface area contributed by atoms with Crippen LogP contribution in [0.5, 0.6) is 0 Å². The lowest BCUT2D eigenvalue weighted by atomic mass is 10.3. The largest absolute Gasteiger partial charge is 0.375 e. The zero-order valence-corrected chi connectivity index (χ0v) is 7.97. The van der Waals surface area contributed by atoms with E-state index < -0.39 is 15.9 Å². The molecule has 1 aliphatic heterocycles. The Morgan fingerprint density at radius 1 is 1.21 bits per heavy atom. The quantitative estimate of drug-likeness (QED) is 0.630. The van der Waals surface area contributed by atoms with E-state index in [1.807, 2.05) is 4.72 Å². The summed E-state index contributed by atoms with van der Waals surface area (Å²) in [6.45, 7) is -0.0315. The predicted molar refractivity (Wildman–Crippen MR) is 50.3 cm³/mol. The van der Waals surface area contributed by atoms with Gasteiger partial charge < -0.3 is 5.32 Å². The third kappa shape index (κ3) is 1.44. The average molecular weight is 212 g/mol. The molecular weight excluding hydrogens is 204 g/mol. The van der Waals surface area contributed by atoms with Gasteiger partial charge in [-0.05, 0) is 12.1 Å². The molecule has 0 spiro atoms. The van der Waals surface area contributed by atoms with Crippen molar-refractivity contribution in [3.05, 3.63) is 24.3 Å². The Kier molecular flexibility index (Phi) is 1.92. The number of fused-ring (bicyclic) bond motifs is 1. The van der Waals surface area contributed by atoms with Crippen LogP contribution in [0, 0.1) is 0 Å². The summed E-state index contributed by atoms with van der Waals surface area (Å²) >= 11 is 0. The maximum atomic E-state index is 11.5. The molecule has 1 aromatic carbocycles. The topological polar surface area (TPSA) is 75.3 Å². The molecule has 74 valence electrons. The van der Waals surface area contributed by atoms with E-state index in [1.54, 1.807) is 18.2 Å². The van der Waals surface area contributed by atoms with E-state index in [9.17, 15) is 13.2 Å². The molecule has 1 amide bonds.